The highest BCUT2D eigenvalue weighted by atomic mass is 15.2. The van der Waals surface area contributed by atoms with Crippen LogP contribution < -0.4 is 0 Å². The quantitative estimate of drug-likeness (QED) is 0.408. The second-order valence-corrected chi connectivity index (χ2v) is 2.21. The van der Waals surface area contributed by atoms with E-state index in [1.165, 1.54) is 0 Å². The summed E-state index contributed by atoms with van der Waals surface area (Å²) in [5, 5.41) is 7.58. The fourth-order valence-corrected chi connectivity index (χ4v) is 0.301. The first-order valence-corrected chi connectivity index (χ1v) is 3.32. The molecule has 0 saturated carbocycles. The standard InChI is InChI=1S/C7H14N2/c1-4-5-8-9-6-7(2)3/h5-7H,4H2,1-3H3/b8-5+,9-6+. The zero-order valence-electron chi connectivity index (χ0n) is 6.33. The van der Waals surface area contributed by atoms with E-state index in [0.29, 0.717) is 5.92 Å². The molecule has 0 amide bonds. The Bertz CT molecular complexity index is 103. The average molecular weight is 126 g/mol. The molecular weight excluding hydrogens is 112 g/mol. The maximum absolute atomic E-state index is 3.81. The number of nitrogens with zero attached hydrogens (tertiary/aromatic N) is 2. The van der Waals surface area contributed by atoms with Gasteiger partial charge < -0.3 is 0 Å². The van der Waals surface area contributed by atoms with Crippen molar-refractivity contribution >= 4 is 12.4 Å². The maximum Gasteiger partial charge on any atom is 0.0295 e. The van der Waals surface area contributed by atoms with Crippen molar-refractivity contribution in [2.24, 2.45) is 16.1 Å². The van der Waals surface area contributed by atoms with E-state index in [1.54, 1.807) is 6.21 Å². The topological polar surface area (TPSA) is 24.7 Å². The summed E-state index contributed by atoms with van der Waals surface area (Å²) < 4.78 is 0. The van der Waals surface area contributed by atoms with Crippen molar-refractivity contribution in [2.45, 2.75) is 27.2 Å². The van der Waals surface area contributed by atoms with Gasteiger partial charge >= 0.3 is 0 Å². The molecule has 0 heterocycles. The van der Waals surface area contributed by atoms with Gasteiger partial charge in [-0.2, -0.15) is 10.2 Å². The molecule has 0 aromatic rings. The molecule has 0 spiro atoms. The van der Waals surface area contributed by atoms with Gasteiger partial charge in [0.15, 0.2) is 0 Å². The summed E-state index contributed by atoms with van der Waals surface area (Å²) in [6.45, 7) is 6.18. The van der Waals surface area contributed by atoms with Gasteiger partial charge in [-0.25, -0.2) is 0 Å². The van der Waals surface area contributed by atoms with Crippen molar-refractivity contribution in [3.8, 4) is 0 Å². The third-order valence-electron chi connectivity index (χ3n) is 0.696. The summed E-state index contributed by atoms with van der Waals surface area (Å²) in [4.78, 5) is 0. The molecule has 9 heavy (non-hydrogen) atoms. The van der Waals surface area contributed by atoms with Gasteiger partial charge in [0, 0.05) is 12.4 Å². The van der Waals surface area contributed by atoms with Crippen LogP contribution in [0.5, 0.6) is 0 Å². The number of hydrogen-bond donors (Lipinski definition) is 0. The van der Waals surface area contributed by atoms with E-state index in [-0.39, 0.29) is 0 Å². The molecule has 2 heteroatoms. The zero-order chi connectivity index (χ0) is 7.11. The Morgan fingerprint density at radius 1 is 1.33 bits per heavy atom. The van der Waals surface area contributed by atoms with Crippen molar-refractivity contribution in [1.82, 2.24) is 0 Å². The van der Waals surface area contributed by atoms with Crippen molar-refractivity contribution in [3.05, 3.63) is 0 Å². The first kappa shape index (κ1) is 8.34. The highest BCUT2D eigenvalue weighted by molar-refractivity contribution is 5.62. The fraction of sp³-hybridized carbons (Fsp3) is 0.714. The largest absolute Gasteiger partial charge is 0.164 e. The predicted molar refractivity (Wildman–Crippen MR) is 42.1 cm³/mol. The van der Waals surface area contributed by atoms with Gasteiger partial charge in [0.2, 0.25) is 0 Å². The van der Waals surface area contributed by atoms with E-state index in [0.717, 1.165) is 6.42 Å². The lowest BCUT2D eigenvalue weighted by molar-refractivity contribution is 0.900. The molecular formula is C7H14N2. The highest BCUT2D eigenvalue weighted by Crippen LogP contribution is 1.84. The molecule has 0 rings (SSSR count). The first-order valence-electron chi connectivity index (χ1n) is 3.32. The van der Waals surface area contributed by atoms with Crippen molar-refractivity contribution in [3.63, 3.8) is 0 Å². The van der Waals surface area contributed by atoms with Gasteiger partial charge in [-0.15, -0.1) is 0 Å². The van der Waals surface area contributed by atoms with Crippen LogP contribution in [0.4, 0.5) is 0 Å². The molecule has 0 bridgehead atoms. The van der Waals surface area contributed by atoms with Crippen LogP contribution in [-0.4, -0.2) is 12.4 Å². The molecule has 52 valence electrons. The molecule has 0 aliphatic rings. The second kappa shape index (κ2) is 5.48. The monoisotopic (exact) mass is 126 g/mol. The Morgan fingerprint density at radius 3 is 2.44 bits per heavy atom. The van der Waals surface area contributed by atoms with E-state index in [2.05, 4.69) is 24.1 Å². The molecule has 0 radical (unpaired) electrons. The summed E-state index contributed by atoms with van der Waals surface area (Å²) in [7, 11) is 0. The average Bonchev–Trinajstić information content (AvgIpc) is 1.80. The van der Waals surface area contributed by atoms with Crippen LogP contribution in [0.2, 0.25) is 0 Å². The SMILES string of the molecule is CC/C=N/N=C/C(C)C. The third kappa shape index (κ3) is 7.34. The van der Waals surface area contributed by atoms with E-state index < -0.39 is 0 Å². The lowest BCUT2D eigenvalue weighted by Gasteiger charge is -1.86. The Morgan fingerprint density at radius 2 is 2.00 bits per heavy atom. The predicted octanol–water partition coefficient (Wildman–Crippen LogP) is 2.11. The minimum Gasteiger partial charge on any atom is -0.164 e. The summed E-state index contributed by atoms with van der Waals surface area (Å²) in [5.74, 6) is 0.499. The molecule has 0 aliphatic carbocycles. The molecule has 0 saturated heterocycles. The summed E-state index contributed by atoms with van der Waals surface area (Å²) in [6, 6.07) is 0. The van der Waals surface area contributed by atoms with Gasteiger partial charge in [-0.3, -0.25) is 0 Å². The molecule has 0 fully saturated rings. The summed E-state index contributed by atoms with van der Waals surface area (Å²) >= 11 is 0. The van der Waals surface area contributed by atoms with Crippen molar-refractivity contribution in [1.29, 1.82) is 0 Å². The highest BCUT2D eigenvalue weighted by Gasteiger charge is 1.80. The third-order valence-corrected chi connectivity index (χ3v) is 0.696. The number of rotatable bonds is 3. The van der Waals surface area contributed by atoms with Gasteiger partial charge in [0.1, 0.15) is 0 Å². The van der Waals surface area contributed by atoms with Crippen LogP contribution in [-0.2, 0) is 0 Å². The van der Waals surface area contributed by atoms with Gasteiger partial charge in [-0.05, 0) is 12.3 Å². The Kier molecular flexibility index (Phi) is 5.07. The Hall–Kier alpha value is -0.660. The van der Waals surface area contributed by atoms with Crippen LogP contribution in [0.3, 0.4) is 0 Å². The van der Waals surface area contributed by atoms with Gasteiger partial charge in [0.25, 0.3) is 0 Å². The van der Waals surface area contributed by atoms with Gasteiger partial charge in [0.05, 0.1) is 0 Å². The van der Waals surface area contributed by atoms with Crippen LogP contribution in [0.25, 0.3) is 0 Å². The van der Waals surface area contributed by atoms with Crippen LogP contribution in [0, 0.1) is 5.92 Å². The van der Waals surface area contributed by atoms with Crippen LogP contribution >= 0.6 is 0 Å². The Labute approximate surface area is 56.7 Å². The molecule has 0 N–H and O–H groups in total. The lowest BCUT2D eigenvalue weighted by atomic mass is 10.3. The molecule has 0 atom stereocenters. The molecule has 2 nitrogen and oxygen atoms in total. The summed E-state index contributed by atoms with van der Waals surface area (Å²) in [5.41, 5.74) is 0. The van der Waals surface area contributed by atoms with Gasteiger partial charge in [-0.1, -0.05) is 20.8 Å². The molecule has 0 aliphatic heterocycles. The number of hydrogen-bond acceptors (Lipinski definition) is 2. The Balaban J connectivity index is 3.35. The fourth-order valence-electron chi connectivity index (χ4n) is 0.301. The van der Waals surface area contributed by atoms with Crippen molar-refractivity contribution in [2.75, 3.05) is 0 Å². The minimum absolute atomic E-state index is 0.499. The van der Waals surface area contributed by atoms with E-state index in [4.69, 9.17) is 0 Å². The molecule has 0 aromatic carbocycles. The minimum atomic E-state index is 0.499. The normalized spacial score (nSPS) is 12.4. The zero-order valence-corrected chi connectivity index (χ0v) is 6.33. The van der Waals surface area contributed by atoms with Crippen LogP contribution in [0.15, 0.2) is 10.2 Å². The maximum atomic E-state index is 3.81. The van der Waals surface area contributed by atoms with E-state index in [1.807, 2.05) is 13.1 Å². The van der Waals surface area contributed by atoms with Crippen molar-refractivity contribution < 1.29 is 0 Å². The smallest absolute Gasteiger partial charge is 0.0295 e. The molecule has 0 aromatic heterocycles. The van der Waals surface area contributed by atoms with E-state index in [9.17, 15) is 0 Å². The van der Waals surface area contributed by atoms with Crippen LogP contribution in [0.1, 0.15) is 27.2 Å². The van der Waals surface area contributed by atoms with E-state index >= 15 is 0 Å². The second-order valence-electron chi connectivity index (χ2n) is 2.21. The first-order chi connectivity index (χ1) is 4.27. The molecule has 0 unspecified atom stereocenters. The lowest BCUT2D eigenvalue weighted by Crippen LogP contribution is -1.84. The summed E-state index contributed by atoms with van der Waals surface area (Å²) in [6.07, 6.45) is 4.57.